The zero-order valence-electron chi connectivity index (χ0n) is 9.43. The van der Waals surface area contributed by atoms with Crippen molar-refractivity contribution in [2.45, 2.75) is 19.4 Å². The smallest absolute Gasteiger partial charge is 0.173 e. The summed E-state index contributed by atoms with van der Waals surface area (Å²) in [6.07, 6.45) is 0. The first-order valence-corrected chi connectivity index (χ1v) is 4.61. The Hall–Kier alpha value is -1.29. The molecule has 2 N–H and O–H groups in total. The molecule has 0 unspecified atom stereocenters. The molecule has 0 radical (unpaired) electrons. The van der Waals surface area contributed by atoms with Crippen LogP contribution in [-0.2, 0) is 5.54 Å². The normalized spacial score (nSPS) is 11.3. The molecule has 4 heteroatoms. The lowest BCUT2D eigenvalue weighted by Crippen LogP contribution is -2.30. The van der Waals surface area contributed by atoms with Gasteiger partial charge in [0, 0.05) is 5.54 Å². The van der Waals surface area contributed by atoms with Crippen LogP contribution in [0.15, 0.2) is 12.1 Å². The molecule has 1 aromatic carbocycles. The van der Waals surface area contributed by atoms with Crippen molar-refractivity contribution in [1.29, 1.82) is 0 Å². The van der Waals surface area contributed by atoms with E-state index < -0.39 is 11.4 Å². The molecule has 0 atom stereocenters. The van der Waals surface area contributed by atoms with E-state index in [4.69, 9.17) is 15.2 Å². The molecule has 0 spiro atoms. The van der Waals surface area contributed by atoms with Crippen LogP contribution in [-0.4, -0.2) is 14.2 Å². The Morgan fingerprint density at radius 1 is 1.13 bits per heavy atom. The van der Waals surface area contributed by atoms with Crippen molar-refractivity contribution in [3.63, 3.8) is 0 Å². The second-order valence-electron chi connectivity index (χ2n) is 3.88. The van der Waals surface area contributed by atoms with Gasteiger partial charge >= 0.3 is 0 Å². The van der Waals surface area contributed by atoms with E-state index in [9.17, 15) is 4.39 Å². The summed E-state index contributed by atoms with van der Waals surface area (Å²) in [7, 11) is 2.90. The molecular weight excluding hydrogens is 197 g/mol. The largest absolute Gasteiger partial charge is 0.496 e. The summed E-state index contributed by atoms with van der Waals surface area (Å²) < 4.78 is 23.9. The second kappa shape index (κ2) is 4.06. The van der Waals surface area contributed by atoms with E-state index in [1.165, 1.54) is 20.3 Å². The Morgan fingerprint density at radius 2 is 1.60 bits per heavy atom. The highest BCUT2D eigenvalue weighted by molar-refractivity contribution is 5.45. The van der Waals surface area contributed by atoms with E-state index in [1.54, 1.807) is 19.9 Å². The number of nitrogens with two attached hydrogens (primary N) is 1. The van der Waals surface area contributed by atoms with Crippen molar-refractivity contribution in [2.24, 2.45) is 5.73 Å². The maximum atomic E-state index is 13.9. The molecule has 0 saturated heterocycles. The summed E-state index contributed by atoms with van der Waals surface area (Å²) in [5.74, 6) is 0.134. The summed E-state index contributed by atoms with van der Waals surface area (Å²) >= 11 is 0. The van der Waals surface area contributed by atoms with Crippen LogP contribution < -0.4 is 15.2 Å². The zero-order valence-corrected chi connectivity index (χ0v) is 9.43. The van der Waals surface area contributed by atoms with Gasteiger partial charge in [-0.3, -0.25) is 0 Å². The maximum Gasteiger partial charge on any atom is 0.173 e. The Kier molecular flexibility index (Phi) is 3.19. The first-order valence-electron chi connectivity index (χ1n) is 4.61. The van der Waals surface area contributed by atoms with E-state index in [0.29, 0.717) is 11.3 Å². The van der Waals surface area contributed by atoms with Gasteiger partial charge < -0.3 is 15.2 Å². The minimum Gasteiger partial charge on any atom is -0.496 e. The van der Waals surface area contributed by atoms with Crippen molar-refractivity contribution in [3.8, 4) is 11.5 Å². The van der Waals surface area contributed by atoms with Crippen LogP contribution in [0.25, 0.3) is 0 Å². The standard InChI is InChI=1S/C11H16FNO2/c1-11(2,13)9-7(14-3)5-6-8(15-4)10(9)12/h5-6H,13H2,1-4H3. The third-order valence-corrected chi connectivity index (χ3v) is 2.15. The summed E-state index contributed by atoms with van der Waals surface area (Å²) in [6.45, 7) is 3.43. The molecule has 0 heterocycles. The average Bonchev–Trinajstić information content (AvgIpc) is 2.15. The predicted molar refractivity (Wildman–Crippen MR) is 56.7 cm³/mol. The van der Waals surface area contributed by atoms with Crippen LogP contribution in [0.1, 0.15) is 19.4 Å². The van der Waals surface area contributed by atoms with E-state index in [-0.39, 0.29) is 5.75 Å². The molecule has 0 saturated carbocycles. The first kappa shape index (κ1) is 11.8. The molecular formula is C11H16FNO2. The molecule has 0 amide bonds. The molecule has 1 rings (SSSR count). The number of methoxy groups -OCH3 is 2. The molecule has 0 bridgehead atoms. The summed E-state index contributed by atoms with van der Waals surface area (Å²) in [4.78, 5) is 0. The monoisotopic (exact) mass is 213 g/mol. The summed E-state index contributed by atoms with van der Waals surface area (Å²) in [6, 6.07) is 3.16. The number of benzene rings is 1. The lowest BCUT2D eigenvalue weighted by atomic mass is 9.93. The highest BCUT2D eigenvalue weighted by Gasteiger charge is 2.26. The Labute approximate surface area is 89.0 Å². The average molecular weight is 213 g/mol. The van der Waals surface area contributed by atoms with Gasteiger partial charge in [-0.15, -0.1) is 0 Å². The summed E-state index contributed by atoms with van der Waals surface area (Å²) in [5, 5.41) is 0. The van der Waals surface area contributed by atoms with Gasteiger partial charge in [0.15, 0.2) is 11.6 Å². The topological polar surface area (TPSA) is 44.5 Å². The number of hydrogen-bond donors (Lipinski definition) is 1. The lowest BCUT2D eigenvalue weighted by Gasteiger charge is -2.23. The van der Waals surface area contributed by atoms with Crippen molar-refractivity contribution >= 4 is 0 Å². The van der Waals surface area contributed by atoms with Crippen LogP contribution in [0.4, 0.5) is 4.39 Å². The fraction of sp³-hybridized carbons (Fsp3) is 0.455. The molecule has 3 nitrogen and oxygen atoms in total. The zero-order chi connectivity index (χ0) is 11.6. The minimum absolute atomic E-state index is 0.171. The molecule has 0 fully saturated rings. The third-order valence-electron chi connectivity index (χ3n) is 2.15. The first-order chi connectivity index (χ1) is 6.91. The number of rotatable bonds is 3. The molecule has 0 aliphatic carbocycles. The second-order valence-corrected chi connectivity index (χ2v) is 3.88. The summed E-state index contributed by atoms with van der Waals surface area (Å²) in [5.41, 5.74) is 5.39. The lowest BCUT2D eigenvalue weighted by molar-refractivity contribution is 0.356. The van der Waals surface area contributed by atoms with Crippen molar-refractivity contribution < 1.29 is 13.9 Å². The highest BCUT2D eigenvalue weighted by Crippen LogP contribution is 2.35. The van der Waals surface area contributed by atoms with Gasteiger partial charge in [-0.1, -0.05) is 0 Å². The van der Waals surface area contributed by atoms with Gasteiger partial charge in [0.1, 0.15) is 5.75 Å². The van der Waals surface area contributed by atoms with Gasteiger partial charge in [-0.2, -0.15) is 0 Å². The number of hydrogen-bond acceptors (Lipinski definition) is 3. The van der Waals surface area contributed by atoms with Crippen molar-refractivity contribution in [3.05, 3.63) is 23.5 Å². The fourth-order valence-electron chi connectivity index (χ4n) is 1.47. The molecule has 0 aliphatic heterocycles. The Bertz CT molecular complexity index is 358. The SMILES string of the molecule is COc1ccc(OC)c(C(C)(C)N)c1F. The number of halogens is 1. The van der Waals surface area contributed by atoms with E-state index in [1.807, 2.05) is 0 Å². The van der Waals surface area contributed by atoms with Crippen LogP contribution in [0, 0.1) is 5.82 Å². The van der Waals surface area contributed by atoms with Gasteiger partial charge in [0.05, 0.1) is 19.8 Å². The predicted octanol–water partition coefficient (Wildman–Crippen LogP) is 2.04. The maximum absolute atomic E-state index is 13.9. The molecule has 0 aliphatic rings. The molecule has 1 aromatic rings. The Morgan fingerprint density at radius 3 is 2.00 bits per heavy atom. The van der Waals surface area contributed by atoms with Gasteiger partial charge in [-0.25, -0.2) is 4.39 Å². The van der Waals surface area contributed by atoms with Crippen LogP contribution in [0.5, 0.6) is 11.5 Å². The van der Waals surface area contributed by atoms with Crippen molar-refractivity contribution in [2.75, 3.05) is 14.2 Å². The highest BCUT2D eigenvalue weighted by atomic mass is 19.1. The van der Waals surface area contributed by atoms with Gasteiger partial charge in [0.25, 0.3) is 0 Å². The molecule has 15 heavy (non-hydrogen) atoms. The van der Waals surface area contributed by atoms with E-state index in [2.05, 4.69) is 0 Å². The molecule has 0 aromatic heterocycles. The number of ether oxygens (including phenoxy) is 2. The fourth-order valence-corrected chi connectivity index (χ4v) is 1.47. The van der Waals surface area contributed by atoms with Crippen molar-refractivity contribution in [1.82, 2.24) is 0 Å². The Balaban J connectivity index is 3.43. The van der Waals surface area contributed by atoms with Crippen LogP contribution in [0.2, 0.25) is 0 Å². The van der Waals surface area contributed by atoms with Crippen LogP contribution in [0.3, 0.4) is 0 Å². The van der Waals surface area contributed by atoms with Gasteiger partial charge in [-0.05, 0) is 26.0 Å². The van der Waals surface area contributed by atoms with Crippen LogP contribution >= 0.6 is 0 Å². The van der Waals surface area contributed by atoms with E-state index in [0.717, 1.165) is 0 Å². The van der Waals surface area contributed by atoms with E-state index >= 15 is 0 Å². The van der Waals surface area contributed by atoms with Gasteiger partial charge in [0.2, 0.25) is 0 Å². The quantitative estimate of drug-likeness (QED) is 0.835. The minimum atomic E-state index is -0.816. The third kappa shape index (κ3) is 2.21. The molecule has 84 valence electrons.